The Morgan fingerprint density at radius 2 is 2.16 bits per heavy atom. The zero-order chi connectivity index (χ0) is 24.1. The summed E-state index contributed by atoms with van der Waals surface area (Å²) in [7, 11) is -0.372. The number of amidine groups is 1. The van der Waals surface area contributed by atoms with Gasteiger partial charge in [-0.1, -0.05) is 6.92 Å². The number of nitrogens with zero attached hydrogens (tertiary/aromatic N) is 3. The van der Waals surface area contributed by atoms with Crippen molar-refractivity contribution >= 4 is 50.2 Å². The molecule has 25 heavy (non-hydrogen) atoms. The summed E-state index contributed by atoms with van der Waals surface area (Å²) in [4.78, 5) is 8.48. The molecule has 1 aromatic heterocycles. The predicted octanol–water partition coefficient (Wildman–Crippen LogP) is 0.964. The van der Waals surface area contributed by atoms with Crippen molar-refractivity contribution in [3.63, 3.8) is 0 Å². The number of aliphatic imine (C=N–C) groups is 1. The van der Waals surface area contributed by atoms with Crippen molar-refractivity contribution in [3.8, 4) is 0 Å². The van der Waals surface area contributed by atoms with Gasteiger partial charge < -0.3 is 15.9 Å². The standard InChI is InChI=1S/C13H25N7O2S3/c1-8(6-11(15-3)20-25(14,21)22)24-9(2)10-7-23-13(18-10)19-12(16-4)17-5/h7-9H,6H2,1-5H3,(H,15,20)(H2,14,21,22)(H2,16,17,18,19)/i7D/hD5. The third kappa shape index (κ3) is 8.03. The smallest absolute Gasteiger partial charge is 0.318 e. The summed E-state index contributed by atoms with van der Waals surface area (Å²) < 4.78 is 71.5. The summed E-state index contributed by atoms with van der Waals surface area (Å²) in [5.41, 5.74) is 0.453. The molecule has 0 aliphatic rings. The molecule has 1 heterocycles. The fourth-order valence-corrected chi connectivity index (χ4v) is 4.14. The number of thiazole rings is 1. The minimum atomic E-state index is -4.51. The van der Waals surface area contributed by atoms with Crippen molar-refractivity contribution in [1.82, 2.24) is 20.9 Å². The number of hydrogen-bond acceptors (Lipinski definition) is 6. The van der Waals surface area contributed by atoms with Crippen LogP contribution in [0.2, 0.25) is 7.06 Å². The molecule has 0 aliphatic heterocycles. The summed E-state index contributed by atoms with van der Waals surface area (Å²) in [6.07, 6.45) is 0.0714. The Morgan fingerprint density at radius 3 is 2.72 bits per heavy atom. The second-order valence-electron chi connectivity index (χ2n) is 4.81. The summed E-state index contributed by atoms with van der Waals surface area (Å²) in [5, 5.41) is 1.99. The number of nitrogens with two attached hydrogens (primary N) is 1. The van der Waals surface area contributed by atoms with Crippen molar-refractivity contribution in [2.75, 3.05) is 21.1 Å². The van der Waals surface area contributed by atoms with E-state index in [1.807, 2.05) is 6.92 Å². The van der Waals surface area contributed by atoms with Gasteiger partial charge in [0.25, 0.3) is 0 Å². The molecule has 0 amide bonds. The number of rotatable bonds is 8. The molecule has 1 rings (SSSR count). The van der Waals surface area contributed by atoms with Gasteiger partial charge in [0.2, 0.25) is 5.13 Å². The zero-order valence-corrected chi connectivity index (χ0v) is 17.0. The molecular formula is C13H25N7O2S3. The molecule has 9 nitrogen and oxygen atoms in total. The van der Waals surface area contributed by atoms with Gasteiger partial charge in [0.15, 0.2) is 10.2 Å². The van der Waals surface area contributed by atoms with Crippen LogP contribution >= 0.6 is 23.1 Å². The van der Waals surface area contributed by atoms with E-state index in [2.05, 4.69) is 14.4 Å². The van der Waals surface area contributed by atoms with Crippen molar-refractivity contribution < 1.29 is 16.8 Å². The Kier molecular flexibility index (Phi) is 5.48. The molecule has 12 heteroatoms. The lowest BCUT2D eigenvalue weighted by Crippen LogP contribution is -2.31. The fraction of sp³-hybridized carbons (Fsp3) is 0.615. The Bertz CT molecular complexity index is 897. The first-order valence-electron chi connectivity index (χ1n) is 9.90. The van der Waals surface area contributed by atoms with Gasteiger partial charge in [-0.05, 0) is 6.92 Å². The Balaban J connectivity index is 3.01. The van der Waals surface area contributed by atoms with Crippen LogP contribution in [0.1, 0.15) is 32.6 Å². The van der Waals surface area contributed by atoms with E-state index in [1.54, 1.807) is 6.92 Å². The van der Waals surface area contributed by atoms with E-state index in [4.69, 9.17) is 8.43 Å². The second kappa shape index (κ2) is 9.94. The van der Waals surface area contributed by atoms with E-state index in [9.17, 15) is 8.42 Å². The van der Waals surface area contributed by atoms with E-state index in [1.165, 1.54) is 32.9 Å². The van der Waals surface area contributed by atoms with Gasteiger partial charge in [0.1, 0.15) is 8.66 Å². The van der Waals surface area contributed by atoms with Gasteiger partial charge in [-0.25, -0.2) is 10.1 Å². The monoisotopic (exact) mass is 413 g/mol. The van der Waals surface area contributed by atoms with Gasteiger partial charge in [0.05, 0.1) is 7.06 Å². The zero-order valence-electron chi connectivity index (χ0n) is 20.5. The average Bonchev–Trinajstić information content (AvgIpc) is 2.98. The first-order chi connectivity index (χ1) is 14.2. The lowest BCUT2D eigenvalue weighted by molar-refractivity contribution is 0.599. The van der Waals surface area contributed by atoms with E-state index in [0.29, 0.717) is 5.69 Å². The normalized spacial score (nSPS) is 18.1. The lowest BCUT2D eigenvalue weighted by atomic mass is 10.3. The van der Waals surface area contributed by atoms with E-state index < -0.39 is 15.3 Å². The van der Waals surface area contributed by atoms with E-state index in [-0.39, 0.29) is 39.2 Å². The van der Waals surface area contributed by atoms with E-state index in [0.717, 1.165) is 27.3 Å². The van der Waals surface area contributed by atoms with Crippen LogP contribution in [0.5, 0.6) is 0 Å². The molecule has 0 bridgehead atoms. The van der Waals surface area contributed by atoms with Gasteiger partial charge >= 0.3 is 10.2 Å². The SMILES string of the molecule is [2H]c1sc(N=C(N([2H])C)N([2H])C)nc1C(C)SC(C)CC(=NS(=O)(=O)N([2H])[2H])N([2H])C. The van der Waals surface area contributed by atoms with Gasteiger partial charge in [-0.15, -0.1) is 27.5 Å². The van der Waals surface area contributed by atoms with Crippen LogP contribution in [0.25, 0.3) is 0 Å². The first-order valence-corrected chi connectivity index (χ1v) is 10.3. The highest BCUT2D eigenvalue weighted by Gasteiger charge is 2.17. The van der Waals surface area contributed by atoms with Crippen LogP contribution < -0.4 is 21.1 Å². The number of aromatic nitrogens is 1. The molecule has 0 spiro atoms. The molecule has 1 aromatic rings. The van der Waals surface area contributed by atoms with E-state index >= 15 is 0 Å². The van der Waals surface area contributed by atoms with Crippen molar-refractivity contribution in [3.05, 3.63) is 11.1 Å². The van der Waals surface area contributed by atoms with Gasteiger partial charge in [-0.3, -0.25) is 0 Å². The van der Waals surface area contributed by atoms with Gasteiger partial charge in [0, 0.05) is 43.4 Å². The summed E-state index contributed by atoms with van der Waals surface area (Å²) in [5.74, 6) is -0.0969. The number of guanidine groups is 1. The number of thioether (sulfide) groups is 1. The van der Waals surface area contributed by atoms with Crippen molar-refractivity contribution in [2.45, 2.75) is 30.8 Å². The highest BCUT2D eigenvalue weighted by atomic mass is 32.2. The predicted molar refractivity (Wildman–Crippen MR) is 107 cm³/mol. The maximum absolute atomic E-state index is 11.7. The molecule has 2 atom stereocenters. The number of hydrogen-bond donors (Lipinski definition) is 4. The highest BCUT2D eigenvalue weighted by molar-refractivity contribution is 8.00. The third-order valence-electron chi connectivity index (χ3n) is 2.83. The highest BCUT2D eigenvalue weighted by Crippen LogP contribution is 2.35. The molecule has 0 aliphatic carbocycles. The first kappa shape index (κ1) is 13.8. The van der Waals surface area contributed by atoms with Crippen LogP contribution in [0.3, 0.4) is 0 Å². The maximum Gasteiger partial charge on any atom is 0.318 e. The second-order valence-corrected chi connectivity index (χ2v) is 8.45. The Morgan fingerprint density at radius 1 is 1.48 bits per heavy atom. The molecular weight excluding hydrogens is 382 g/mol. The van der Waals surface area contributed by atoms with Crippen LogP contribution in [-0.2, 0) is 10.2 Å². The minimum absolute atomic E-state index is 0.0346. The van der Waals surface area contributed by atoms with Crippen LogP contribution in [0, 0.1) is 0 Å². The molecule has 0 radical (unpaired) electrons. The van der Waals surface area contributed by atoms with Crippen molar-refractivity contribution in [1.29, 1.82) is 0 Å². The fourth-order valence-electron chi connectivity index (χ4n) is 1.77. The van der Waals surface area contributed by atoms with Crippen LogP contribution in [0.15, 0.2) is 14.7 Å². The average molecular weight is 414 g/mol. The largest absolute Gasteiger partial charge is 0.376 e. The maximum atomic E-state index is 11.7. The summed E-state index contributed by atoms with van der Waals surface area (Å²) >= 11 is 2.39. The molecule has 142 valence electrons. The lowest BCUT2D eigenvalue weighted by Gasteiger charge is -2.16. The molecule has 0 saturated heterocycles. The van der Waals surface area contributed by atoms with Crippen LogP contribution in [0.4, 0.5) is 5.13 Å². The topological polar surface area (TPSA) is 134 Å². The molecule has 5 N–H and O–H groups in total. The molecule has 2 unspecified atom stereocenters. The quantitative estimate of drug-likeness (QED) is 0.368. The van der Waals surface area contributed by atoms with Crippen LogP contribution in [-0.4, -0.2) is 51.6 Å². The summed E-state index contributed by atoms with van der Waals surface area (Å²) in [6.45, 7) is 3.62. The molecule has 0 fully saturated rings. The molecule has 0 aromatic carbocycles. The Hall–Kier alpha value is -1.37. The summed E-state index contributed by atoms with van der Waals surface area (Å²) in [6, 6.07) is 0. The number of nitrogens with one attached hydrogen (secondary N) is 3. The molecule has 0 saturated carbocycles. The minimum Gasteiger partial charge on any atom is -0.376 e. The van der Waals surface area contributed by atoms with Crippen molar-refractivity contribution in [2.24, 2.45) is 14.5 Å². The third-order valence-corrected chi connectivity index (χ3v) is 5.21. The van der Waals surface area contributed by atoms with Gasteiger partial charge in [-0.2, -0.15) is 13.4 Å². The Labute approximate surface area is 165 Å².